The van der Waals surface area contributed by atoms with Gasteiger partial charge < -0.3 is 9.80 Å². The Balaban J connectivity index is 2.70. The molecule has 0 atom stereocenters. The Bertz CT molecular complexity index is 381. The zero-order valence-corrected chi connectivity index (χ0v) is 12.5. The standard InChI is InChI=1S/C11H17IN4O/c1-4-16(5-2)10(17)7-15(3)11-9(12)6-13-8-14-11/h6,8H,4-5,7H2,1-3H3. The zero-order chi connectivity index (χ0) is 12.8. The molecule has 0 N–H and O–H groups in total. The van der Waals surface area contributed by atoms with E-state index in [4.69, 9.17) is 0 Å². The van der Waals surface area contributed by atoms with E-state index in [0.717, 1.165) is 22.5 Å². The normalized spacial score (nSPS) is 10.1. The highest BCUT2D eigenvalue weighted by atomic mass is 127. The Hall–Kier alpha value is -0.920. The first-order chi connectivity index (χ1) is 8.10. The molecule has 1 aromatic heterocycles. The number of anilines is 1. The molecule has 0 radical (unpaired) electrons. The molecule has 0 bridgehead atoms. The van der Waals surface area contributed by atoms with Crippen molar-refractivity contribution in [3.63, 3.8) is 0 Å². The van der Waals surface area contributed by atoms with Crippen LogP contribution in [-0.2, 0) is 4.79 Å². The fraction of sp³-hybridized carbons (Fsp3) is 0.545. The van der Waals surface area contributed by atoms with Crippen molar-refractivity contribution in [1.29, 1.82) is 0 Å². The van der Waals surface area contributed by atoms with Gasteiger partial charge in [0, 0.05) is 26.3 Å². The summed E-state index contributed by atoms with van der Waals surface area (Å²) in [4.78, 5) is 23.7. The van der Waals surface area contributed by atoms with Gasteiger partial charge in [0.05, 0.1) is 10.1 Å². The molecule has 1 amide bonds. The molecule has 94 valence electrons. The molecular formula is C11H17IN4O. The van der Waals surface area contributed by atoms with Gasteiger partial charge in [-0.15, -0.1) is 0 Å². The summed E-state index contributed by atoms with van der Waals surface area (Å²) in [6, 6.07) is 0. The molecule has 0 aliphatic rings. The van der Waals surface area contributed by atoms with E-state index in [0.29, 0.717) is 6.54 Å². The molecule has 0 spiro atoms. The Kier molecular flexibility index (Phi) is 5.60. The zero-order valence-electron chi connectivity index (χ0n) is 10.4. The van der Waals surface area contributed by atoms with E-state index in [2.05, 4.69) is 32.6 Å². The molecule has 0 saturated heterocycles. The molecule has 0 aromatic carbocycles. The number of hydrogen-bond acceptors (Lipinski definition) is 4. The number of aromatic nitrogens is 2. The minimum absolute atomic E-state index is 0.118. The number of carbonyl (C=O) groups excluding carboxylic acids is 1. The second-order valence-electron chi connectivity index (χ2n) is 3.62. The van der Waals surface area contributed by atoms with Crippen molar-refractivity contribution in [2.75, 3.05) is 31.6 Å². The van der Waals surface area contributed by atoms with Crippen LogP contribution >= 0.6 is 22.6 Å². The molecule has 5 nitrogen and oxygen atoms in total. The first-order valence-electron chi connectivity index (χ1n) is 5.54. The summed E-state index contributed by atoms with van der Waals surface area (Å²) < 4.78 is 0.944. The van der Waals surface area contributed by atoms with Crippen molar-refractivity contribution in [3.05, 3.63) is 16.1 Å². The molecule has 0 aliphatic carbocycles. The van der Waals surface area contributed by atoms with Crippen molar-refractivity contribution in [2.45, 2.75) is 13.8 Å². The van der Waals surface area contributed by atoms with Gasteiger partial charge in [-0.1, -0.05) is 0 Å². The van der Waals surface area contributed by atoms with Crippen molar-refractivity contribution in [2.24, 2.45) is 0 Å². The summed E-state index contributed by atoms with van der Waals surface area (Å²) in [7, 11) is 1.87. The van der Waals surface area contributed by atoms with Crippen molar-refractivity contribution >= 4 is 34.3 Å². The van der Waals surface area contributed by atoms with Crippen LogP contribution in [0.1, 0.15) is 13.8 Å². The van der Waals surface area contributed by atoms with Crippen LogP contribution in [-0.4, -0.2) is 47.5 Å². The Morgan fingerprint density at radius 2 is 2.06 bits per heavy atom. The smallest absolute Gasteiger partial charge is 0.242 e. The average Bonchev–Trinajstić information content (AvgIpc) is 2.31. The number of hydrogen-bond donors (Lipinski definition) is 0. The van der Waals surface area contributed by atoms with E-state index < -0.39 is 0 Å². The van der Waals surface area contributed by atoms with E-state index >= 15 is 0 Å². The first-order valence-corrected chi connectivity index (χ1v) is 6.62. The first kappa shape index (κ1) is 14.1. The molecule has 1 aromatic rings. The molecule has 0 unspecified atom stereocenters. The SMILES string of the molecule is CCN(CC)C(=O)CN(C)c1ncncc1I. The van der Waals surface area contributed by atoms with Gasteiger partial charge in [-0.25, -0.2) is 9.97 Å². The number of carbonyl (C=O) groups is 1. The molecule has 0 aliphatic heterocycles. The lowest BCUT2D eigenvalue weighted by Gasteiger charge is -2.24. The number of amides is 1. The summed E-state index contributed by atoms with van der Waals surface area (Å²) in [5.41, 5.74) is 0. The second-order valence-corrected chi connectivity index (χ2v) is 4.78. The maximum Gasteiger partial charge on any atom is 0.242 e. The van der Waals surface area contributed by atoms with E-state index in [1.54, 1.807) is 6.20 Å². The van der Waals surface area contributed by atoms with Crippen molar-refractivity contribution in [3.8, 4) is 0 Å². The molecule has 0 fully saturated rings. The fourth-order valence-corrected chi connectivity index (χ4v) is 2.25. The summed E-state index contributed by atoms with van der Waals surface area (Å²) in [6.07, 6.45) is 3.23. The van der Waals surface area contributed by atoms with Gasteiger partial charge in [-0.05, 0) is 36.4 Å². The van der Waals surface area contributed by atoms with Crippen LogP contribution in [0.15, 0.2) is 12.5 Å². The molecule has 6 heteroatoms. The quantitative estimate of drug-likeness (QED) is 0.755. The highest BCUT2D eigenvalue weighted by molar-refractivity contribution is 14.1. The maximum atomic E-state index is 11.9. The van der Waals surface area contributed by atoms with Gasteiger partial charge in [0.1, 0.15) is 12.1 Å². The van der Waals surface area contributed by atoms with Crippen LogP contribution in [0, 0.1) is 3.57 Å². The second kappa shape index (κ2) is 6.73. The Morgan fingerprint density at radius 1 is 1.41 bits per heavy atom. The summed E-state index contributed by atoms with van der Waals surface area (Å²) in [5, 5.41) is 0. The summed E-state index contributed by atoms with van der Waals surface area (Å²) in [5.74, 6) is 0.910. The van der Waals surface area contributed by atoms with Crippen LogP contribution < -0.4 is 4.90 Å². The number of halogens is 1. The third kappa shape index (κ3) is 3.79. The summed E-state index contributed by atoms with van der Waals surface area (Å²) in [6.45, 7) is 5.79. The minimum atomic E-state index is 0.118. The van der Waals surface area contributed by atoms with Crippen LogP contribution in [0.3, 0.4) is 0 Å². The lowest BCUT2D eigenvalue weighted by molar-refractivity contribution is -0.129. The number of nitrogens with zero attached hydrogens (tertiary/aromatic N) is 4. The maximum absolute atomic E-state index is 11.9. The van der Waals surface area contributed by atoms with E-state index in [-0.39, 0.29) is 5.91 Å². The molecular weight excluding hydrogens is 331 g/mol. The van der Waals surface area contributed by atoms with Gasteiger partial charge >= 0.3 is 0 Å². The fourth-order valence-electron chi connectivity index (χ4n) is 1.54. The van der Waals surface area contributed by atoms with Crippen LogP contribution in [0.2, 0.25) is 0 Å². The predicted octanol–water partition coefficient (Wildman–Crippen LogP) is 1.39. The molecule has 0 saturated carbocycles. The third-order valence-electron chi connectivity index (χ3n) is 2.50. The van der Waals surface area contributed by atoms with Crippen molar-refractivity contribution in [1.82, 2.24) is 14.9 Å². The van der Waals surface area contributed by atoms with Crippen LogP contribution in [0.4, 0.5) is 5.82 Å². The van der Waals surface area contributed by atoms with E-state index in [1.165, 1.54) is 6.33 Å². The average molecular weight is 348 g/mol. The topological polar surface area (TPSA) is 49.3 Å². The Morgan fingerprint density at radius 3 is 2.59 bits per heavy atom. The van der Waals surface area contributed by atoms with E-state index in [1.807, 2.05) is 30.7 Å². The van der Waals surface area contributed by atoms with Crippen LogP contribution in [0.5, 0.6) is 0 Å². The highest BCUT2D eigenvalue weighted by Crippen LogP contribution is 2.16. The van der Waals surface area contributed by atoms with E-state index in [9.17, 15) is 4.79 Å². The third-order valence-corrected chi connectivity index (χ3v) is 3.26. The van der Waals surface area contributed by atoms with Crippen LogP contribution in [0.25, 0.3) is 0 Å². The molecule has 1 rings (SSSR count). The van der Waals surface area contributed by atoms with Gasteiger partial charge in [-0.2, -0.15) is 0 Å². The van der Waals surface area contributed by atoms with Crippen molar-refractivity contribution < 1.29 is 4.79 Å². The minimum Gasteiger partial charge on any atom is -0.349 e. The monoisotopic (exact) mass is 348 g/mol. The largest absolute Gasteiger partial charge is 0.349 e. The lowest BCUT2D eigenvalue weighted by atomic mass is 10.4. The molecule has 17 heavy (non-hydrogen) atoms. The lowest BCUT2D eigenvalue weighted by Crippen LogP contribution is -2.39. The van der Waals surface area contributed by atoms with Gasteiger partial charge in [0.2, 0.25) is 5.91 Å². The van der Waals surface area contributed by atoms with Gasteiger partial charge in [-0.3, -0.25) is 4.79 Å². The number of rotatable bonds is 5. The Labute approximate surface area is 115 Å². The predicted molar refractivity (Wildman–Crippen MR) is 75.9 cm³/mol. The van der Waals surface area contributed by atoms with Gasteiger partial charge in [0.15, 0.2) is 0 Å². The van der Waals surface area contributed by atoms with Gasteiger partial charge in [0.25, 0.3) is 0 Å². The number of likely N-dealkylation sites (N-methyl/N-ethyl adjacent to an activating group) is 2. The highest BCUT2D eigenvalue weighted by Gasteiger charge is 2.15. The molecule has 1 heterocycles. The summed E-state index contributed by atoms with van der Waals surface area (Å²) >= 11 is 2.17.